The van der Waals surface area contributed by atoms with E-state index in [0.29, 0.717) is 11.8 Å². The van der Waals surface area contributed by atoms with Gasteiger partial charge >= 0.3 is 0 Å². The average molecular weight is 205 g/mol. The SMILES string of the molecule is O=Cc1cc(C#CCO)cc([N+](=O)[O-])c1. The van der Waals surface area contributed by atoms with Crippen LogP contribution in [0.1, 0.15) is 15.9 Å². The van der Waals surface area contributed by atoms with E-state index in [1.165, 1.54) is 12.1 Å². The third kappa shape index (κ3) is 2.90. The monoisotopic (exact) mass is 205 g/mol. The smallest absolute Gasteiger partial charge is 0.271 e. The fraction of sp³-hybridized carbons (Fsp3) is 0.100. The second-order valence-corrected chi connectivity index (χ2v) is 2.65. The van der Waals surface area contributed by atoms with Crippen LogP contribution in [-0.2, 0) is 0 Å². The Morgan fingerprint density at radius 3 is 2.73 bits per heavy atom. The van der Waals surface area contributed by atoms with Gasteiger partial charge in [-0.15, -0.1) is 0 Å². The number of nitro benzene ring substituents is 1. The van der Waals surface area contributed by atoms with Crippen molar-refractivity contribution < 1.29 is 14.8 Å². The van der Waals surface area contributed by atoms with Crippen molar-refractivity contribution in [2.75, 3.05) is 6.61 Å². The van der Waals surface area contributed by atoms with Crippen molar-refractivity contribution in [2.24, 2.45) is 0 Å². The maximum Gasteiger partial charge on any atom is 0.271 e. The lowest BCUT2D eigenvalue weighted by molar-refractivity contribution is -0.384. The minimum atomic E-state index is -0.600. The minimum Gasteiger partial charge on any atom is -0.384 e. The Balaban J connectivity index is 3.22. The summed E-state index contributed by atoms with van der Waals surface area (Å²) in [6.07, 6.45) is 0.511. The number of benzene rings is 1. The standard InChI is InChI=1S/C10H7NO4/c12-3-1-2-8-4-9(7-13)6-10(5-8)11(14)15/h4-7,12H,3H2. The van der Waals surface area contributed by atoms with E-state index in [-0.39, 0.29) is 17.9 Å². The van der Waals surface area contributed by atoms with E-state index < -0.39 is 4.92 Å². The van der Waals surface area contributed by atoms with Crippen LogP contribution >= 0.6 is 0 Å². The molecule has 0 unspecified atom stereocenters. The van der Waals surface area contributed by atoms with E-state index in [9.17, 15) is 14.9 Å². The molecule has 15 heavy (non-hydrogen) atoms. The maximum atomic E-state index is 10.5. The van der Waals surface area contributed by atoms with E-state index in [1.807, 2.05) is 0 Å². The molecule has 1 N–H and O–H groups in total. The number of aldehydes is 1. The molecule has 0 heterocycles. The maximum absolute atomic E-state index is 10.5. The summed E-state index contributed by atoms with van der Waals surface area (Å²) in [7, 11) is 0. The van der Waals surface area contributed by atoms with Crippen LogP contribution in [0.25, 0.3) is 0 Å². The topological polar surface area (TPSA) is 80.4 Å². The number of non-ortho nitro benzene ring substituents is 1. The molecule has 0 saturated heterocycles. The first-order chi connectivity index (χ1) is 7.17. The van der Waals surface area contributed by atoms with Gasteiger partial charge in [-0.25, -0.2) is 0 Å². The molecule has 0 atom stereocenters. The Hall–Kier alpha value is -2.19. The average Bonchev–Trinajstić information content (AvgIpc) is 2.25. The molecular formula is C10H7NO4. The molecule has 76 valence electrons. The van der Waals surface area contributed by atoms with Crippen LogP contribution in [0.3, 0.4) is 0 Å². The van der Waals surface area contributed by atoms with Crippen molar-refractivity contribution in [1.82, 2.24) is 0 Å². The van der Waals surface area contributed by atoms with Gasteiger partial charge < -0.3 is 5.11 Å². The highest BCUT2D eigenvalue weighted by molar-refractivity contribution is 5.77. The Morgan fingerprint density at radius 1 is 1.47 bits per heavy atom. The summed E-state index contributed by atoms with van der Waals surface area (Å²) < 4.78 is 0. The normalized spacial score (nSPS) is 8.87. The number of nitro groups is 1. The van der Waals surface area contributed by atoms with Crippen LogP contribution in [-0.4, -0.2) is 22.9 Å². The lowest BCUT2D eigenvalue weighted by atomic mass is 10.1. The number of hydrogen-bond acceptors (Lipinski definition) is 4. The van der Waals surface area contributed by atoms with Crippen LogP contribution in [0.2, 0.25) is 0 Å². The van der Waals surface area contributed by atoms with Crippen LogP contribution in [0, 0.1) is 22.0 Å². The molecule has 0 saturated carbocycles. The molecule has 1 rings (SSSR count). The third-order valence-electron chi connectivity index (χ3n) is 1.60. The number of carbonyl (C=O) groups excluding carboxylic acids is 1. The van der Waals surface area contributed by atoms with Gasteiger partial charge in [-0.3, -0.25) is 14.9 Å². The highest BCUT2D eigenvalue weighted by Gasteiger charge is 2.08. The number of carbonyl (C=O) groups is 1. The predicted molar refractivity (Wildman–Crippen MR) is 52.4 cm³/mol. The summed E-state index contributed by atoms with van der Waals surface area (Å²) in [6, 6.07) is 3.83. The second kappa shape index (κ2) is 4.88. The highest BCUT2D eigenvalue weighted by Crippen LogP contribution is 2.15. The van der Waals surface area contributed by atoms with Crippen molar-refractivity contribution in [1.29, 1.82) is 0 Å². The molecular weight excluding hydrogens is 198 g/mol. The van der Waals surface area contributed by atoms with Crippen molar-refractivity contribution in [3.63, 3.8) is 0 Å². The van der Waals surface area contributed by atoms with Gasteiger partial charge in [-0.2, -0.15) is 0 Å². The van der Waals surface area contributed by atoms with Crippen LogP contribution < -0.4 is 0 Å². The van der Waals surface area contributed by atoms with Gasteiger partial charge in [0, 0.05) is 23.3 Å². The van der Waals surface area contributed by atoms with Crippen molar-refractivity contribution in [2.45, 2.75) is 0 Å². The Morgan fingerprint density at radius 2 is 2.20 bits per heavy atom. The molecule has 0 radical (unpaired) electrons. The summed E-state index contributed by atoms with van der Waals surface area (Å²) in [5.41, 5.74) is 0.327. The van der Waals surface area contributed by atoms with Gasteiger partial charge in [0.25, 0.3) is 5.69 Å². The van der Waals surface area contributed by atoms with E-state index in [4.69, 9.17) is 5.11 Å². The molecule has 0 bridgehead atoms. The van der Waals surface area contributed by atoms with Crippen LogP contribution in [0.5, 0.6) is 0 Å². The molecule has 5 heteroatoms. The second-order valence-electron chi connectivity index (χ2n) is 2.65. The van der Waals surface area contributed by atoms with Crippen molar-refractivity contribution >= 4 is 12.0 Å². The fourth-order valence-electron chi connectivity index (χ4n) is 1.02. The molecule has 0 amide bonds. The summed E-state index contributed by atoms with van der Waals surface area (Å²) in [5, 5.41) is 18.9. The number of aliphatic hydroxyl groups excluding tert-OH is 1. The Kier molecular flexibility index (Phi) is 3.55. The summed E-state index contributed by atoms with van der Waals surface area (Å²) >= 11 is 0. The number of nitrogens with zero attached hydrogens (tertiary/aromatic N) is 1. The fourth-order valence-corrected chi connectivity index (χ4v) is 1.02. The molecule has 0 spiro atoms. The minimum absolute atomic E-state index is 0.187. The van der Waals surface area contributed by atoms with E-state index in [0.717, 1.165) is 6.07 Å². The van der Waals surface area contributed by atoms with Gasteiger partial charge in [0.2, 0.25) is 0 Å². The zero-order valence-corrected chi connectivity index (χ0v) is 7.64. The lowest BCUT2D eigenvalue weighted by Crippen LogP contribution is -1.92. The van der Waals surface area contributed by atoms with Crippen molar-refractivity contribution in [3.8, 4) is 11.8 Å². The molecule has 5 nitrogen and oxygen atoms in total. The molecule has 0 aromatic heterocycles. The van der Waals surface area contributed by atoms with Crippen molar-refractivity contribution in [3.05, 3.63) is 39.4 Å². The Labute approximate surface area is 85.5 Å². The van der Waals surface area contributed by atoms with Crippen LogP contribution in [0.15, 0.2) is 18.2 Å². The lowest BCUT2D eigenvalue weighted by Gasteiger charge is -1.95. The Bertz CT molecular complexity index is 456. The first-order valence-electron chi connectivity index (χ1n) is 4.01. The predicted octanol–water partition coefficient (Wildman–Crippen LogP) is 0.751. The molecule has 1 aromatic rings. The summed E-state index contributed by atoms with van der Waals surface area (Å²) in [5.74, 6) is 4.85. The summed E-state index contributed by atoms with van der Waals surface area (Å²) in [6.45, 7) is -0.334. The first kappa shape index (κ1) is 10.9. The molecule has 0 aliphatic carbocycles. The molecule has 1 aromatic carbocycles. The molecule has 0 aliphatic heterocycles. The summed E-state index contributed by atoms with van der Waals surface area (Å²) in [4.78, 5) is 20.4. The van der Waals surface area contributed by atoms with Gasteiger partial charge in [-0.05, 0) is 6.07 Å². The van der Waals surface area contributed by atoms with Crippen LogP contribution in [0.4, 0.5) is 5.69 Å². The zero-order chi connectivity index (χ0) is 11.3. The molecule has 0 aliphatic rings. The van der Waals surface area contributed by atoms with E-state index in [1.54, 1.807) is 0 Å². The number of hydrogen-bond donors (Lipinski definition) is 1. The first-order valence-corrected chi connectivity index (χ1v) is 4.01. The highest BCUT2D eigenvalue weighted by atomic mass is 16.6. The largest absolute Gasteiger partial charge is 0.384 e. The quantitative estimate of drug-likeness (QED) is 0.334. The van der Waals surface area contributed by atoms with Gasteiger partial charge in [0.05, 0.1) is 4.92 Å². The molecule has 0 fully saturated rings. The van der Waals surface area contributed by atoms with E-state index in [2.05, 4.69) is 11.8 Å². The van der Waals surface area contributed by atoms with Gasteiger partial charge in [-0.1, -0.05) is 11.8 Å². The third-order valence-corrected chi connectivity index (χ3v) is 1.60. The van der Waals surface area contributed by atoms with Gasteiger partial charge in [0.1, 0.15) is 12.9 Å². The number of rotatable bonds is 2. The zero-order valence-electron chi connectivity index (χ0n) is 7.64. The number of aliphatic hydroxyl groups is 1. The van der Waals surface area contributed by atoms with E-state index >= 15 is 0 Å². The van der Waals surface area contributed by atoms with Gasteiger partial charge in [0.15, 0.2) is 0 Å².